The van der Waals surface area contributed by atoms with Gasteiger partial charge in [-0.1, -0.05) is 0 Å². The molecule has 1 aromatic carbocycles. The summed E-state index contributed by atoms with van der Waals surface area (Å²) in [6.07, 6.45) is 1.75. The summed E-state index contributed by atoms with van der Waals surface area (Å²) in [6.45, 7) is 0.474. The van der Waals surface area contributed by atoms with Crippen molar-refractivity contribution >= 4 is 17.6 Å². The van der Waals surface area contributed by atoms with E-state index in [-0.39, 0.29) is 11.7 Å². The summed E-state index contributed by atoms with van der Waals surface area (Å²) in [5.74, 6) is 0.0605. The lowest BCUT2D eigenvalue weighted by atomic mass is 10.2. The van der Waals surface area contributed by atoms with E-state index in [0.29, 0.717) is 31.5 Å². The van der Waals surface area contributed by atoms with Crippen LogP contribution in [0.15, 0.2) is 24.3 Å². The van der Waals surface area contributed by atoms with Crippen LogP contribution >= 0.6 is 0 Å². The molecular formula is C12H17N3O3. The zero-order chi connectivity index (χ0) is 13.4. The summed E-state index contributed by atoms with van der Waals surface area (Å²) in [5.41, 5.74) is 5.55. The summed E-state index contributed by atoms with van der Waals surface area (Å²) in [5, 5.41) is 14.2. The second-order valence-electron chi connectivity index (χ2n) is 3.84. The fourth-order valence-electron chi connectivity index (χ4n) is 1.39. The number of carbonyl (C=O) groups is 2. The van der Waals surface area contributed by atoms with E-state index in [1.807, 2.05) is 0 Å². The van der Waals surface area contributed by atoms with Gasteiger partial charge in [0.2, 0.25) is 5.91 Å². The van der Waals surface area contributed by atoms with Gasteiger partial charge in [0.25, 0.3) is 0 Å². The number of phenolic OH excluding ortho intramolecular Hbond substituents is 1. The molecule has 0 radical (unpaired) electrons. The second-order valence-corrected chi connectivity index (χ2v) is 3.84. The number of amides is 3. The van der Waals surface area contributed by atoms with Gasteiger partial charge in [-0.05, 0) is 37.1 Å². The van der Waals surface area contributed by atoms with Crippen LogP contribution in [0.2, 0.25) is 0 Å². The number of aromatic hydroxyl groups is 1. The Morgan fingerprint density at radius 3 is 2.44 bits per heavy atom. The molecule has 6 heteroatoms. The third-order valence-corrected chi connectivity index (χ3v) is 2.28. The Morgan fingerprint density at radius 1 is 1.17 bits per heavy atom. The molecule has 0 unspecified atom stereocenters. The van der Waals surface area contributed by atoms with Crippen molar-refractivity contribution in [3.63, 3.8) is 0 Å². The Hall–Kier alpha value is -2.24. The standard InChI is InChI=1S/C12H17N3O3/c13-12(18)14-8-2-1-3-11(17)15-9-4-6-10(16)7-5-9/h4-7,16H,1-3,8H2,(H,15,17)(H3,13,14,18). The molecule has 3 amide bonds. The van der Waals surface area contributed by atoms with Crippen LogP contribution in [0.5, 0.6) is 5.75 Å². The molecule has 0 heterocycles. The van der Waals surface area contributed by atoms with Crippen LogP contribution < -0.4 is 16.4 Å². The number of rotatable bonds is 6. The highest BCUT2D eigenvalue weighted by Crippen LogP contribution is 2.14. The van der Waals surface area contributed by atoms with E-state index < -0.39 is 6.03 Å². The minimum Gasteiger partial charge on any atom is -0.508 e. The predicted octanol–water partition coefficient (Wildman–Crippen LogP) is 1.17. The minimum absolute atomic E-state index is 0.0974. The second kappa shape index (κ2) is 7.16. The first-order chi connectivity index (χ1) is 8.58. The van der Waals surface area contributed by atoms with Crippen LogP contribution in [0.1, 0.15) is 19.3 Å². The Kier molecular flexibility index (Phi) is 5.50. The largest absolute Gasteiger partial charge is 0.508 e. The van der Waals surface area contributed by atoms with Gasteiger partial charge in [0, 0.05) is 18.7 Å². The number of phenols is 1. The zero-order valence-electron chi connectivity index (χ0n) is 9.98. The SMILES string of the molecule is NC(=O)NCCCCC(=O)Nc1ccc(O)cc1. The number of urea groups is 1. The Morgan fingerprint density at radius 2 is 1.83 bits per heavy atom. The molecule has 0 spiro atoms. The highest BCUT2D eigenvalue weighted by Gasteiger charge is 2.02. The van der Waals surface area contributed by atoms with Gasteiger partial charge in [-0.15, -0.1) is 0 Å². The van der Waals surface area contributed by atoms with E-state index in [2.05, 4.69) is 10.6 Å². The first-order valence-corrected chi connectivity index (χ1v) is 5.70. The van der Waals surface area contributed by atoms with E-state index >= 15 is 0 Å². The Balaban J connectivity index is 2.17. The number of unbranched alkanes of at least 4 members (excludes halogenated alkanes) is 1. The number of hydrogen-bond donors (Lipinski definition) is 4. The highest BCUT2D eigenvalue weighted by molar-refractivity contribution is 5.90. The van der Waals surface area contributed by atoms with Crippen LogP contribution in [0.3, 0.4) is 0 Å². The van der Waals surface area contributed by atoms with E-state index in [1.54, 1.807) is 12.1 Å². The molecule has 1 aromatic rings. The van der Waals surface area contributed by atoms with Crippen molar-refractivity contribution in [3.8, 4) is 5.75 Å². The maximum Gasteiger partial charge on any atom is 0.312 e. The lowest BCUT2D eigenvalue weighted by Crippen LogP contribution is -2.30. The molecular weight excluding hydrogens is 234 g/mol. The Bertz CT molecular complexity index is 404. The number of benzene rings is 1. The molecule has 0 saturated carbocycles. The van der Waals surface area contributed by atoms with Crippen LogP contribution in [-0.4, -0.2) is 23.6 Å². The summed E-state index contributed by atoms with van der Waals surface area (Å²) >= 11 is 0. The number of carbonyl (C=O) groups excluding carboxylic acids is 2. The summed E-state index contributed by atoms with van der Waals surface area (Å²) in [6, 6.07) is 5.71. The number of anilines is 1. The molecule has 0 bridgehead atoms. The van der Waals surface area contributed by atoms with Gasteiger partial charge in [0.1, 0.15) is 5.75 Å². The maximum atomic E-state index is 11.5. The quantitative estimate of drug-likeness (QED) is 0.450. The molecule has 5 N–H and O–H groups in total. The third-order valence-electron chi connectivity index (χ3n) is 2.28. The Labute approximate surface area is 105 Å². The van der Waals surface area contributed by atoms with Crippen molar-refractivity contribution in [1.29, 1.82) is 0 Å². The lowest BCUT2D eigenvalue weighted by Gasteiger charge is -2.05. The molecule has 0 fully saturated rings. The van der Waals surface area contributed by atoms with Crippen LogP contribution in [0.4, 0.5) is 10.5 Å². The minimum atomic E-state index is -0.552. The van der Waals surface area contributed by atoms with Gasteiger partial charge in [-0.2, -0.15) is 0 Å². The van der Waals surface area contributed by atoms with Crippen molar-refractivity contribution in [2.45, 2.75) is 19.3 Å². The molecule has 0 saturated heterocycles. The van der Waals surface area contributed by atoms with Gasteiger partial charge in [-0.3, -0.25) is 4.79 Å². The van der Waals surface area contributed by atoms with E-state index in [9.17, 15) is 9.59 Å². The molecule has 0 aliphatic carbocycles. The number of nitrogens with two attached hydrogens (primary N) is 1. The van der Waals surface area contributed by atoms with Gasteiger partial charge in [-0.25, -0.2) is 4.79 Å². The van der Waals surface area contributed by atoms with Crippen LogP contribution in [0, 0.1) is 0 Å². The third kappa shape index (κ3) is 5.74. The molecule has 0 aliphatic rings. The predicted molar refractivity (Wildman–Crippen MR) is 68.2 cm³/mol. The smallest absolute Gasteiger partial charge is 0.312 e. The normalized spacial score (nSPS) is 9.78. The van der Waals surface area contributed by atoms with E-state index in [4.69, 9.17) is 10.8 Å². The molecule has 1 rings (SSSR count). The van der Waals surface area contributed by atoms with Crippen LogP contribution in [-0.2, 0) is 4.79 Å². The van der Waals surface area contributed by atoms with E-state index in [1.165, 1.54) is 12.1 Å². The van der Waals surface area contributed by atoms with Gasteiger partial charge < -0.3 is 21.5 Å². The van der Waals surface area contributed by atoms with Crippen molar-refractivity contribution in [2.75, 3.05) is 11.9 Å². The van der Waals surface area contributed by atoms with Crippen LogP contribution in [0.25, 0.3) is 0 Å². The zero-order valence-corrected chi connectivity index (χ0v) is 9.98. The average molecular weight is 251 g/mol. The first kappa shape index (κ1) is 13.8. The average Bonchev–Trinajstić information content (AvgIpc) is 2.31. The number of nitrogens with one attached hydrogen (secondary N) is 2. The van der Waals surface area contributed by atoms with Crippen molar-refractivity contribution in [1.82, 2.24) is 5.32 Å². The van der Waals surface area contributed by atoms with Crippen molar-refractivity contribution in [2.24, 2.45) is 5.73 Å². The summed E-state index contributed by atoms with van der Waals surface area (Å²) in [7, 11) is 0. The molecule has 0 aliphatic heterocycles. The van der Waals surface area contributed by atoms with Crippen molar-refractivity contribution in [3.05, 3.63) is 24.3 Å². The van der Waals surface area contributed by atoms with E-state index in [0.717, 1.165) is 0 Å². The maximum absolute atomic E-state index is 11.5. The molecule has 98 valence electrons. The monoisotopic (exact) mass is 251 g/mol. The molecule has 18 heavy (non-hydrogen) atoms. The summed E-state index contributed by atoms with van der Waals surface area (Å²) < 4.78 is 0. The molecule has 0 aromatic heterocycles. The summed E-state index contributed by atoms with van der Waals surface area (Å²) in [4.78, 5) is 21.9. The topological polar surface area (TPSA) is 104 Å². The first-order valence-electron chi connectivity index (χ1n) is 5.70. The fourth-order valence-corrected chi connectivity index (χ4v) is 1.39. The van der Waals surface area contributed by atoms with Gasteiger partial charge in [0.15, 0.2) is 0 Å². The molecule has 0 atom stereocenters. The van der Waals surface area contributed by atoms with Gasteiger partial charge in [0.05, 0.1) is 0 Å². The fraction of sp³-hybridized carbons (Fsp3) is 0.333. The molecule has 6 nitrogen and oxygen atoms in total. The van der Waals surface area contributed by atoms with Crippen molar-refractivity contribution < 1.29 is 14.7 Å². The highest BCUT2D eigenvalue weighted by atomic mass is 16.3. The number of hydrogen-bond acceptors (Lipinski definition) is 3. The lowest BCUT2D eigenvalue weighted by molar-refractivity contribution is -0.116. The van der Waals surface area contributed by atoms with Gasteiger partial charge >= 0.3 is 6.03 Å². The number of primary amides is 1.